The lowest BCUT2D eigenvalue weighted by Gasteiger charge is -2.37. The largest absolute Gasteiger partial charge is 0.394 e. The Balaban J connectivity index is 2.38. The number of anilines is 2. The number of hydrogen-bond donors (Lipinski definition) is 6. The SMILES string of the molecule is CCCC(=O)CN1C(=O)CN(C[C@H](O)[C@H](O)[C@H](O)CO)c2[nH]c(=O)[nH]c(=O)c21. The van der Waals surface area contributed by atoms with Crippen LogP contribution in [-0.2, 0) is 9.59 Å². The minimum absolute atomic E-state index is 0.0950. The quantitative estimate of drug-likeness (QED) is 0.246. The zero-order valence-electron chi connectivity index (χ0n) is 15.3. The molecule has 6 N–H and O–H groups in total. The molecule has 156 valence electrons. The number of β-amino-alcohol motifs (C(OH)–C–C–N with tert-alkyl or cyclic N) is 1. The zero-order valence-corrected chi connectivity index (χ0v) is 15.3. The summed E-state index contributed by atoms with van der Waals surface area (Å²) in [6.45, 7) is -0.143. The van der Waals surface area contributed by atoms with E-state index in [1.54, 1.807) is 6.92 Å². The van der Waals surface area contributed by atoms with Gasteiger partial charge in [0, 0.05) is 13.0 Å². The van der Waals surface area contributed by atoms with Crippen LogP contribution in [0.4, 0.5) is 11.5 Å². The highest BCUT2D eigenvalue weighted by atomic mass is 16.4. The Morgan fingerprint density at radius 3 is 2.43 bits per heavy atom. The van der Waals surface area contributed by atoms with Gasteiger partial charge >= 0.3 is 5.69 Å². The number of carbonyl (C=O) groups is 2. The number of nitrogens with zero attached hydrogens (tertiary/aromatic N) is 2. The molecule has 12 heteroatoms. The Morgan fingerprint density at radius 1 is 1.14 bits per heavy atom. The summed E-state index contributed by atoms with van der Waals surface area (Å²) < 4.78 is 0. The summed E-state index contributed by atoms with van der Waals surface area (Å²) in [4.78, 5) is 55.0. The van der Waals surface area contributed by atoms with E-state index in [0.717, 1.165) is 9.80 Å². The van der Waals surface area contributed by atoms with Crippen molar-refractivity contribution in [3.8, 4) is 0 Å². The summed E-state index contributed by atoms with van der Waals surface area (Å²) in [7, 11) is 0. The van der Waals surface area contributed by atoms with Crippen molar-refractivity contribution in [3.63, 3.8) is 0 Å². The summed E-state index contributed by atoms with van der Waals surface area (Å²) in [6.07, 6.45) is -4.15. The Hall–Kier alpha value is -2.54. The van der Waals surface area contributed by atoms with Gasteiger partial charge in [-0.3, -0.25) is 29.3 Å². The van der Waals surface area contributed by atoms with E-state index in [1.165, 1.54) is 0 Å². The van der Waals surface area contributed by atoms with E-state index in [2.05, 4.69) is 4.98 Å². The molecular formula is C16H24N4O8. The molecule has 0 saturated heterocycles. The van der Waals surface area contributed by atoms with Gasteiger partial charge < -0.3 is 25.3 Å². The van der Waals surface area contributed by atoms with Gasteiger partial charge in [-0.25, -0.2) is 4.79 Å². The average Bonchev–Trinajstić information content (AvgIpc) is 2.63. The number of ketones is 1. The van der Waals surface area contributed by atoms with E-state index < -0.39 is 48.6 Å². The van der Waals surface area contributed by atoms with Gasteiger partial charge in [0.25, 0.3) is 5.56 Å². The van der Waals surface area contributed by atoms with Crippen LogP contribution in [0.5, 0.6) is 0 Å². The normalized spacial score (nSPS) is 17.2. The summed E-state index contributed by atoms with van der Waals surface area (Å²) >= 11 is 0. The molecule has 3 atom stereocenters. The molecule has 2 heterocycles. The van der Waals surface area contributed by atoms with Crippen molar-refractivity contribution in [1.29, 1.82) is 0 Å². The highest BCUT2D eigenvalue weighted by molar-refractivity contribution is 6.05. The van der Waals surface area contributed by atoms with Gasteiger partial charge in [0.1, 0.15) is 24.1 Å². The first-order chi connectivity index (χ1) is 13.2. The number of aliphatic hydroxyl groups excluding tert-OH is 4. The van der Waals surface area contributed by atoms with E-state index in [9.17, 15) is 34.5 Å². The second-order valence-electron chi connectivity index (χ2n) is 6.56. The molecule has 0 radical (unpaired) electrons. The standard InChI is InChI=1S/C16H24N4O8/c1-2-3-8(22)4-20-11(25)6-19(5-9(23)13(26)10(24)7-21)14-12(20)15(27)18-16(28)17-14/h9-10,13,21,23-24,26H,2-7H2,1H3,(H2,17,18,27,28)/t9-,10+,13-/m0/s1. The third-order valence-electron chi connectivity index (χ3n) is 4.36. The Kier molecular flexibility index (Phi) is 7.07. The van der Waals surface area contributed by atoms with Crippen LogP contribution in [0.2, 0.25) is 0 Å². The number of aromatic nitrogens is 2. The van der Waals surface area contributed by atoms with Crippen LogP contribution in [0.15, 0.2) is 9.59 Å². The predicted molar refractivity (Wildman–Crippen MR) is 97.3 cm³/mol. The Labute approximate surface area is 159 Å². The topological polar surface area (TPSA) is 187 Å². The fourth-order valence-corrected chi connectivity index (χ4v) is 2.96. The molecule has 0 unspecified atom stereocenters. The molecule has 12 nitrogen and oxygen atoms in total. The van der Waals surface area contributed by atoms with Gasteiger partial charge in [-0.2, -0.15) is 0 Å². The van der Waals surface area contributed by atoms with E-state index in [1.807, 2.05) is 4.98 Å². The maximum absolute atomic E-state index is 12.5. The Morgan fingerprint density at radius 2 is 1.82 bits per heavy atom. The molecule has 0 fully saturated rings. The maximum atomic E-state index is 12.5. The zero-order chi connectivity index (χ0) is 21.0. The molecule has 2 rings (SSSR count). The van der Waals surface area contributed by atoms with E-state index in [4.69, 9.17) is 5.11 Å². The lowest BCUT2D eigenvalue weighted by atomic mass is 10.1. The number of rotatable bonds is 9. The number of carbonyl (C=O) groups excluding carboxylic acids is 2. The second kappa shape index (κ2) is 9.10. The number of aromatic amines is 2. The molecule has 0 spiro atoms. The number of Topliss-reactive ketones (excluding diaryl/α,β-unsaturated/α-hetero) is 1. The van der Waals surface area contributed by atoms with Gasteiger partial charge in [-0.05, 0) is 6.42 Å². The smallest absolute Gasteiger partial charge is 0.327 e. The van der Waals surface area contributed by atoms with Crippen LogP contribution in [0.1, 0.15) is 19.8 Å². The van der Waals surface area contributed by atoms with Crippen LogP contribution >= 0.6 is 0 Å². The van der Waals surface area contributed by atoms with Crippen molar-refractivity contribution in [2.45, 2.75) is 38.1 Å². The van der Waals surface area contributed by atoms with Gasteiger partial charge in [0.15, 0.2) is 11.5 Å². The first-order valence-electron chi connectivity index (χ1n) is 8.78. The third kappa shape index (κ3) is 4.65. The van der Waals surface area contributed by atoms with Crippen molar-refractivity contribution < 1.29 is 30.0 Å². The summed E-state index contributed by atoms with van der Waals surface area (Å²) in [5.41, 5.74) is -1.98. The monoisotopic (exact) mass is 400 g/mol. The van der Waals surface area contributed by atoms with Crippen molar-refractivity contribution in [2.75, 3.05) is 36.0 Å². The van der Waals surface area contributed by atoms with Gasteiger partial charge in [0.05, 0.1) is 19.7 Å². The van der Waals surface area contributed by atoms with Crippen LogP contribution < -0.4 is 21.0 Å². The van der Waals surface area contributed by atoms with E-state index in [-0.39, 0.29) is 36.8 Å². The van der Waals surface area contributed by atoms with Crippen molar-refractivity contribution in [1.82, 2.24) is 9.97 Å². The van der Waals surface area contributed by atoms with Crippen LogP contribution in [-0.4, -0.2) is 86.6 Å². The number of nitrogens with one attached hydrogen (secondary N) is 2. The maximum Gasteiger partial charge on any atom is 0.327 e. The first-order valence-corrected chi connectivity index (χ1v) is 8.78. The molecule has 1 aliphatic rings. The van der Waals surface area contributed by atoms with Crippen molar-refractivity contribution in [2.24, 2.45) is 0 Å². The minimum Gasteiger partial charge on any atom is -0.394 e. The first kappa shape index (κ1) is 21.8. The molecular weight excluding hydrogens is 376 g/mol. The molecule has 1 aromatic heterocycles. The fraction of sp³-hybridized carbons (Fsp3) is 0.625. The summed E-state index contributed by atoms with van der Waals surface area (Å²) in [6, 6.07) is 0. The van der Waals surface area contributed by atoms with E-state index >= 15 is 0 Å². The van der Waals surface area contributed by atoms with E-state index in [0.29, 0.717) is 6.42 Å². The van der Waals surface area contributed by atoms with Gasteiger partial charge in [-0.1, -0.05) is 6.92 Å². The van der Waals surface area contributed by atoms with Crippen molar-refractivity contribution in [3.05, 3.63) is 20.8 Å². The molecule has 28 heavy (non-hydrogen) atoms. The number of fused-ring (bicyclic) bond motifs is 1. The molecule has 0 bridgehead atoms. The summed E-state index contributed by atoms with van der Waals surface area (Å²) in [5.74, 6) is -0.969. The third-order valence-corrected chi connectivity index (χ3v) is 4.36. The molecule has 0 aromatic carbocycles. The van der Waals surface area contributed by atoms with Crippen molar-refractivity contribution >= 4 is 23.2 Å². The second-order valence-corrected chi connectivity index (χ2v) is 6.56. The predicted octanol–water partition coefficient (Wildman–Crippen LogP) is -3.34. The van der Waals surface area contributed by atoms with Gasteiger partial charge in [0.2, 0.25) is 5.91 Å². The lowest BCUT2D eigenvalue weighted by Crippen LogP contribution is -2.55. The number of amides is 1. The molecule has 0 saturated carbocycles. The van der Waals surface area contributed by atoms with Gasteiger partial charge in [-0.15, -0.1) is 0 Å². The number of H-pyrrole nitrogens is 2. The average molecular weight is 400 g/mol. The fourth-order valence-electron chi connectivity index (χ4n) is 2.96. The molecule has 0 aliphatic carbocycles. The minimum atomic E-state index is -1.72. The molecule has 1 amide bonds. The van der Waals surface area contributed by atoms with Crippen LogP contribution in [0.25, 0.3) is 0 Å². The van der Waals surface area contributed by atoms with Crippen LogP contribution in [0.3, 0.4) is 0 Å². The number of aliphatic hydroxyl groups is 4. The Bertz CT molecular complexity index is 835. The highest BCUT2D eigenvalue weighted by Crippen LogP contribution is 2.27. The highest BCUT2D eigenvalue weighted by Gasteiger charge is 2.36. The number of hydrogen-bond acceptors (Lipinski definition) is 9. The molecule has 1 aromatic rings. The van der Waals surface area contributed by atoms with Crippen LogP contribution in [0, 0.1) is 0 Å². The lowest BCUT2D eigenvalue weighted by molar-refractivity contribution is -0.122. The summed E-state index contributed by atoms with van der Waals surface area (Å²) in [5, 5.41) is 38.2. The molecule has 1 aliphatic heterocycles.